The average Bonchev–Trinajstić information content (AvgIpc) is 2.72. The zero-order valence-electron chi connectivity index (χ0n) is 16.0. The molecule has 0 unspecified atom stereocenters. The van der Waals surface area contributed by atoms with E-state index in [0.717, 1.165) is 10.0 Å². The predicted molar refractivity (Wildman–Crippen MR) is 112 cm³/mol. The standard InChI is InChI=1S/C22H24BrFN2O3/c23-18-6-4-17(5-7-18)22(8-12-29-13-9-22)21(28)26-11-10-25-20(27)15-16-2-1-3-19(24)14-16/h1-7,14H,8-13,15H2,(H,25,27)(H,26,28). The number of ether oxygens (including phenoxy) is 1. The van der Waals surface area contributed by atoms with Crippen molar-refractivity contribution >= 4 is 27.7 Å². The lowest BCUT2D eigenvalue weighted by atomic mass is 9.73. The van der Waals surface area contributed by atoms with Crippen LogP contribution in [-0.2, 0) is 26.2 Å². The summed E-state index contributed by atoms with van der Waals surface area (Å²) >= 11 is 3.43. The number of benzene rings is 2. The lowest BCUT2D eigenvalue weighted by Gasteiger charge is -2.36. The molecule has 2 aromatic carbocycles. The second kappa shape index (κ2) is 9.98. The first-order valence-corrected chi connectivity index (χ1v) is 10.4. The van der Waals surface area contributed by atoms with Gasteiger partial charge in [0, 0.05) is 30.8 Å². The largest absolute Gasteiger partial charge is 0.381 e. The predicted octanol–water partition coefficient (Wildman–Crippen LogP) is 3.11. The number of amides is 2. The summed E-state index contributed by atoms with van der Waals surface area (Å²) < 4.78 is 19.6. The molecule has 1 aliphatic heterocycles. The van der Waals surface area contributed by atoms with Crippen LogP contribution < -0.4 is 10.6 Å². The molecule has 1 aliphatic rings. The summed E-state index contributed by atoms with van der Waals surface area (Å²) in [5, 5.41) is 5.72. The smallest absolute Gasteiger partial charge is 0.230 e. The van der Waals surface area contributed by atoms with Gasteiger partial charge in [-0.15, -0.1) is 0 Å². The quantitative estimate of drug-likeness (QED) is 0.621. The minimum atomic E-state index is -0.621. The number of carbonyl (C=O) groups is 2. The number of carbonyl (C=O) groups excluding carboxylic acids is 2. The fourth-order valence-electron chi connectivity index (χ4n) is 3.58. The molecule has 0 atom stereocenters. The Morgan fingerprint density at radius 3 is 2.41 bits per heavy atom. The summed E-state index contributed by atoms with van der Waals surface area (Å²) in [5.74, 6) is -0.627. The molecule has 1 saturated heterocycles. The summed E-state index contributed by atoms with van der Waals surface area (Å²) in [4.78, 5) is 25.1. The summed E-state index contributed by atoms with van der Waals surface area (Å²) in [6.45, 7) is 1.71. The molecule has 29 heavy (non-hydrogen) atoms. The molecule has 0 radical (unpaired) electrons. The third-order valence-electron chi connectivity index (χ3n) is 5.16. The molecule has 154 valence electrons. The first kappa shape index (κ1) is 21.5. The summed E-state index contributed by atoms with van der Waals surface area (Å²) in [6.07, 6.45) is 1.34. The van der Waals surface area contributed by atoms with Crippen LogP contribution in [0.1, 0.15) is 24.0 Å². The molecule has 2 amide bonds. The van der Waals surface area contributed by atoms with Gasteiger partial charge in [-0.1, -0.05) is 40.2 Å². The van der Waals surface area contributed by atoms with Crippen molar-refractivity contribution in [2.24, 2.45) is 0 Å². The van der Waals surface area contributed by atoms with Crippen LogP contribution in [0.25, 0.3) is 0 Å². The Labute approximate surface area is 178 Å². The molecule has 3 rings (SSSR count). The molecule has 0 bridgehead atoms. The van der Waals surface area contributed by atoms with Crippen LogP contribution in [0, 0.1) is 5.82 Å². The van der Waals surface area contributed by atoms with Crippen molar-refractivity contribution in [3.05, 3.63) is 69.9 Å². The topological polar surface area (TPSA) is 67.4 Å². The van der Waals surface area contributed by atoms with Crippen molar-refractivity contribution in [1.82, 2.24) is 10.6 Å². The normalized spacial score (nSPS) is 15.5. The molecule has 0 spiro atoms. The lowest BCUT2D eigenvalue weighted by molar-refractivity contribution is -0.130. The van der Waals surface area contributed by atoms with Gasteiger partial charge in [-0.05, 0) is 48.2 Å². The highest BCUT2D eigenvalue weighted by atomic mass is 79.9. The highest BCUT2D eigenvalue weighted by molar-refractivity contribution is 9.10. The van der Waals surface area contributed by atoms with E-state index in [1.807, 2.05) is 24.3 Å². The Hall–Kier alpha value is -2.25. The minimum Gasteiger partial charge on any atom is -0.381 e. The van der Waals surface area contributed by atoms with Gasteiger partial charge in [0.1, 0.15) is 5.82 Å². The van der Waals surface area contributed by atoms with E-state index >= 15 is 0 Å². The van der Waals surface area contributed by atoms with E-state index in [1.165, 1.54) is 12.1 Å². The van der Waals surface area contributed by atoms with Crippen molar-refractivity contribution in [3.63, 3.8) is 0 Å². The van der Waals surface area contributed by atoms with Gasteiger partial charge < -0.3 is 15.4 Å². The highest BCUT2D eigenvalue weighted by Crippen LogP contribution is 2.35. The first-order valence-electron chi connectivity index (χ1n) is 9.63. The van der Waals surface area contributed by atoms with Crippen LogP contribution >= 0.6 is 15.9 Å². The Morgan fingerprint density at radius 2 is 1.72 bits per heavy atom. The van der Waals surface area contributed by atoms with Crippen molar-refractivity contribution in [1.29, 1.82) is 0 Å². The van der Waals surface area contributed by atoms with E-state index in [0.29, 0.717) is 44.7 Å². The fourth-order valence-corrected chi connectivity index (χ4v) is 3.84. The molecular formula is C22H24BrFN2O3. The maximum atomic E-state index is 13.2. The average molecular weight is 463 g/mol. The third-order valence-corrected chi connectivity index (χ3v) is 5.69. The van der Waals surface area contributed by atoms with Crippen molar-refractivity contribution in [3.8, 4) is 0 Å². The fraction of sp³-hybridized carbons (Fsp3) is 0.364. The van der Waals surface area contributed by atoms with Crippen molar-refractivity contribution in [2.45, 2.75) is 24.7 Å². The summed E-state index contributed by atoms with van der Waals surface area (Å²) in [6, 6.07) is 13.8. The lowest BCUT2D eigenvalue weighted by Crippen LogP contribution is -2.49. The number of rotatable bonds is 7. The Kier molecular flexibility index (Phi) is 7.39. The van der Waals surface area contributed by atoms with E-state index < -0.39 is 5.41 Å². The molecule has 0 aliphatic carbocycles. The van der Waals surface area contributed by atoms with Crippen LogP contribution in [0.4, 0.5) is 4.39 Å². The van der Waals surface area contributed by atoms with Gasteiger partial charge in [-0.25, -0.2) is 4.39 Å². The SMILES string of the molecule is O=C(Cc1cccc(F)c1)NCCNC(=O)C1(c2ccc(Br)cc2)CCOCC1. The molecule has 0 saturated carbocycles. The number of nitrogens with one attached hydrogen (secondary N) is 2. The molecule has 7 heteroatoms. The van der Waals surface area contributed by atoms with Gasteiger partial charge in [0.25, 0.3) is 0 Å². The van der Waals surface area contributed by atoms with E-state index in [2.05, 4.69) is 26.6 Å². The van der Waals surface area contributed by atoms with Crippen LogP contribution in [0.3, 0.4) is 0 Å². The van der Waals surface area contributed by atoms with Crippen molar-refractivity contribution in [2.75, 3.05) is 26.3 Å². The third kappa shape index (κ3) is 5.64. The van der Waals surface area contributed by atoms with Crippen LogP contribution in [0.2, 0.25) is 0 Å². The summed E-state index contributed by atoms with van der Waals surface area (Å²) in [7, 11) is 0. The maximum Gasteiger partial charge on any atom is 0.230 e. The zero-order chi connectivity index (χ0) is 20.7. The second-order valence-corrected chi connectivity index (χ2v) is 8.03. The van der Waals surface area contributed by atoms with Crippen LogP contribution in [0.15, 0.2) is 53.0 Å². The van der Waals surface area contributed by atoms with Gasteiger partial charge in [-0.3, -0.25) is 9.59 Å². The first-order chi connectivity index (χ1) is 14.0. The summed E-state index contributed by atoms with van der Waals surface area (Å²) in [5.41, 5.74) is 0.962. The van der Waals surface area contributed by atoms with Gasteiger partial charge in [0.2, 0.25) is 11.8 Å². The number of hydrogen-bond acceptors (Lipinski definition) is 3. The molecular weight excluding hydrogens is 439 g/mol. The van der Waals surface area contributed by atoms with Gasteiger partial charge >= 0.3 is 0 Å². The highest BCUT2D eigenvalue weighted by Gasteiger charge is 2.41. The minimum absolute atomic E-state index is 0.0532. The maximum absolute atomic E-state index is 13.2. The molecule has 2 aromatic rings. The molecule has 1 heterocycles. The monoisotopic (exact) mass is 462 g/mol. The molecule has 2 N–H and O–H groups in total. The zero-order valence-corrected chi connectivity index (χ0v) is 17.6. The van der Waals surface area contributed by atoms with Gasteiger partial charge in [0.05, 0.1) is 11.8 Å². The molecule has 5 nitrogen and oxygen atoms in total. The number of halogens is 2. The van der Waals surface area contributed by atoms with Gasteiger partial charge in [-0.2, -0.15) is 0 Å². The molecule has 0 aromatic heterocycles. The van der Waals surface area contributed by atoms with E-state index in [-0.39, 0.29) is 24.1 Å². The van der Waals surface area contributed by atoms with Crippen molar-refractivity contribution < 1.29 is 18.7 Å². The Bertz CT molecular complexity index is 851. The van der Waals surface area contributed by atoms with Crippen LogP contribution in [0.5, 0.6) is 0 Å². The molecule has 1 fully saturated rings. The van der Waals surface area contributed by atoms with E-state index in [1.54, 1.807) is 12.1 Å². The van der Waals surface area contributed by atoms with Crippen LogP contribution in [-0.4, -0.2) is 38.1 Å². The second-order valence-electron chi connectivity index (χ2n) is 7.11. The Balaban J connectivity index is 1.52. The van der Waals surface area contributed by atoms with Gasteiger partial charge in [0.15, 0.2) is 0 Å². The van der Waals surface area contributed by atoms with E-state index in [9.17, 15) is 14.0 Å². The Morgan fingerprint density at radius 1 is 1.03 bits per heavy atom. The number of hydrogen-bond donors (Lipinski definition) is 2. The van der Waals surface area contributed by atoms with E-state index in [4.69, 9.17) is 4.74 Å².